The van der Waals surface area contributed by atoms with E-state index in [4.69, 9.17) is 15.6 Å². The molecule has 0 saturated carbocycles. The van der Waals surface area contributed by atoms with E-state index in [2.05, 4.69) is 0 Å². The summed E-state index contributed by atoms with van der Waals surface area (Å²) in [5.41, 5.74) is 4.55. The number of nitrogens with two attached hydrogens (primary N) is 1. The monoisotopic (exact) mass is 230 g/mol. The van der Waals surface area contributed by atoms with Crippen molar-refractivity contribution in [2.24, 2.45) is 11.1 Å². The second-order valence-electron chi connectivity index (χ2n) is 4.34. The second-order valence-corrected chi connectivity index (χ2v) is 4.34. The summed E-state index contributed by atoms with van der Waals surface area (Å²) >= 11 is 0. The Morgan fingerprint density at radius 3 is 2.62 bits per heavy atom. The van der Waals surface area contributed by atoms with E-state index in [1.807, 2.05) is 0 Å². The first-order valence-electron chi connectivity index (χ1n) is 5.19. The van der Waals surface area contributed by atoms with Crippen molar-refractivity contribution < 1.29 is 19.4 Å². The minimum absolute atomic E-state index is 0.107. The van der Waals surface area contributed by atoms with Gasteiger partial charge < -0.3 is 20.5 Å². The molecule has 1 saturated heterocycles. The number of hydrogen-bond donors (Lipinski definition) is 2. The fraction of sp³-hybridized carbons (Fsp3) is 0.800. The highest BCUT2D eigenvalue weighted by molar-refractivity contribution is 5.83. The SMILES string of the molecule is COC(CN)C(=O)N1CCC(C)(C(=O)O)C1. The standard InChI is InChI=1S/C10H18N2O4/c1-10(9(14)15)3-4-12(6-10)8(13)7(5-11)16-2/h7H,3-6,11H2,1-2H3,(H,14,15). The third-order valence-corrected chi connectivity index (χ3v) is 3.08. The summed E-state index contributed by atoms with van der Waals surface area (Å²) < 4.78 is 4.94. The van der Waals surface area contributed by atoms with E-state index in [1.165, 1.54) is 12.0 Å². The van der Waals surface area contributed by atoms with Crippen LogP contribution in [-0.4, -0.2) is 54.7 Å². The van der Waals surface area contributed by atoms with Gasteiger partial charge in [-0.3, -0.25) is 9.59 Å². The molecule has 0 aromatic carbocycles. The number of carbonyl (C=O) groups excluding carboxylic acids is 1. The van der Waals surface area contributed by atoms with E-state index in [0.29, 0.717) is 13.0 Å². The van der Waals surface area contributed by atoms with Gasteiger partial charge in [-0.2, -0.15) is 0 Å². The van der Waals surface area contributed by atoms with Crippen molar-refractivity contribution in [1.29, 1.82) is 0 Å². The molecule has 2 atom stereocenters. The molecule has 0 radical (unpaired) electrons. The lowest BCUT2D eigenvalue weighted by Gasteiger charge is -2.23. The van der Waals surface area contributed by atoms with Crippen LogP contribution in [0, 0.1) is 5.41 Å². The minimum atomic E-state index is -0.871. The van der Waals surface area contributed by atoms with Crippen molar-refractivity contribution in [3.8, 4) is 0 Å². The van der Waals surface area contributed by atoms with E-state index in [9.17, 15) is 9.59 Å². The first-order chi connectivity index (χ1) is 7.44. The van der Waals surface area contributed by atoms with E-state index in [1.54, 1.807) is 6.92 Å². The summed E-state index contributed by atoms with van der Waals surface area (Å²) in [5, 5.41) is 9.03. The molecule has 0 aromatic heterocycles. The molecule has 1 heterocycles. The summed E-state index contributed by atoms with van der Waals surface area (Å²) in [5.74, 6) is -1.10. The average Bonchev–Trinajstić information content (AvgIpc) is 2.64. The number of likely N-dealkylation sites (tertiary alicyclic amines) is 1. The first-order valence-corrected chi connectivity index (χ1v) is 5.19. The molecule has 3 N–H and O–H groups in total. The van der Waals surface area contributed by atoms with Gasteiger partial charge in [0.25, 0.3) is 5.91 Å². The average molecular weight is 230 g/mol. The van der Waals surface area contributed by atoms with Crippen LogP contribution >= 0.6 is 0 Å². The predicted molar refractivity (Wildman–Crippen MR) is 56.8 cm³/mol. The number of aliphatic carboxylic acids is 1. The topological polar surface area (TPSA) is 92.9 Å². The van der Waals surface area contributed by atoms with Gasteiger partial charge in [0, 0.05) is 26.7 Å². The molecule has 1 fully saturated rings. The zero-order valence-electron chi connectivity index (χ0n) is 9.60. The van der Waals surface area contributed by atoms with Crippen molar-refractivity contribution >= 4 is 11.9 Å². The van der Waals surface area contributed by atoms with E-state index in [-0.39, 0.29) is 19.0 Å². The number of carboxylic acid groups (broad SMARTS) is 1. The Balaban J connectivity index is 2.66. The second kappa shape index (κ2) is 4.80. The maximum atomic E-state index is 11.8. The summed E-state index contributed by atoms with van der Waals surface area (Å²) in [4.78, 5) is 24.4. The van der Waals surface area contributed by atoms with Crippen LogP contribution in [0.1, 0.15) is 13.3 Å². The van der Waals surface area contributed by atoms with Gasteiger partial charge in [0.15, 0.2) is 0 Å². The Kier molecular flexibility index (Phi) is 3.88. The highest BCUT2D eigenvalue weighted by Gasteiger charge is 2.43. The van der Waals surface area contributed by atoms with Gasteiger partial charge in [0.1, 0.15) is 6.10 Å². The van der Waals surface area contributed by atoms with Crippen molar-refractivity contribution in [2.75, 3.05) is 26.7 Å². The lowest BCUT2D eigenvalue weighted by molar-refractivity contribution is -0.148. The Morgan fingerprint density at radius 1 is 1.62 bits per heavy atom. The van der Waals surface area contributed by atoms with Crippen LogP contribution in [0.15, 0.2) is 0 Å². The number of methoxy groups -OCH3 is 1. The maximum absolute atomic E-state index is 11.8. The van der Waals surface area contributed by atoms with E-state index < -0.39 is 17.5 Å². The van der Waals surface area contributed by atoms with Crippen LogP contribution in [0.25, 0.3) is 0 Å². The molecule has 0 bridgehead atoms. The lowest BCUT2D eigenvalue weighted by Crippen LogP contribution is -2.44. The number of carbonyl (C=O) groups is 2. The zero-order chi connectivity index (χ0) is 12.3. The molecule has 2 unspecified atom stereocenters. The van der Waals surface area contributed by atoms with Crippen molar-refractivity contribution in [1.82, 2.24) is 4.90 Å². The Labute approximate surface area is 94.3 Å². The Hall–Kier alpha value is -1.14. The summed E-state index contributed by atoms with van der Waals surface area (Å²) in [7, 11) is 1.42. The quantitative estimate of drug-likeness (QED) is 0.665. The molecule has 1 amide bonds. The molecule has 0 aliphatic carbocycles. The van der Waals surface area contributed by atoms with E-state index in [0.717, 1.165) is 0 Å². The fourth-order valence-electron chi connectivity index (χ4n) is 1.83. The van der Waals surface area contributed by atoms with Crippen LogP contribution < -0.4 is 5.73 Å². The molecular formula is C10H18N2O4. The maximum Gasteiger partial charge on any atom is 0.311 e. The Bertz CT molecular complexity index is 291. The summed E-state index contributed by atoms with van der Waals surface area (Å²) in [6.45, 7) is 2.42. The first kappa shape index (κ1) is 12.9. The number of nitrogens with zero attached hydrogens (tertiary/aromatic N) is 1. The van der Waals surface area contributed by atoms with Crippen LogP contribution in [0.3, 0.4) is 0 Å². The molecule has 1 rings (SSSR count). The molecule has 6 nitrogen and oxygen atoms in total. The summed E-state index contributed by atoms with van der Waals surface area (Å²) in [6.07, 6.45) is -0.203. The highest BCUT2D eigenvalue weighted by Crippen LogP contribution is 2.30. The van der Waals surface area contributed by atoms with Crippen molar-refractivity contribution in [2.45, 2.75) is 19.4 Å². The lowest BCUT2D eigenvalue weighted by atomic mass is 9.90. The van der Waals surface area contributed by atoms with Crippen LogP contribution in [0.5, 0.6) is 0 Å². The number of carboxylic acids is 1. The highest BCUT2D eigenvalue weighted by atomic mass is 16.5. The van der Waals surface area contributed by atoms with Crippen LogP contribution in [0.2, 0.25) is 0 Å². The molecule has 1 aliphatic heterocycles. The molecular weight excluding hydrogens is 212 g/mol. The number of amides is 1. The van der Waals surface area contributed by atoms with Crippen LogP contribution in [-0.2, 0) is 14.3 Å². The molecule has 0 spiro atoms. The van der Waals surface area contributed by atoms with Gasteiger partial charge in [0.2, 0.25) is 0 Å². The smallest absolute Gasteiger partial charge is 0.311 e. The largest absolute Gasteiger partial charge is 0.481 e. The van der Waals surface area contributed by atoms with Gasteiger partial charge in [-0.15, -0.1) is 0 Å². The number of ether oxygens (including phenoxy) is 1. The van der Waals surface area contributed by atoms with Gasteiger partial charge in [-0.1, -0.05) is 0 Å². The molecule has 92 valence electrons. The van der Waals surface area contributed by atoms with Crippen molar-refractivity contribution in [3.63, 3.8) is 0 Å². The van der Waals surface area contributed by atoms with Crippen molar-refractivity contribution in [3.05, 3.63) is 0 Å². The van der Waals surface area contributed by atoms with Gasteiger partial charge in [-0.05, 0) is 13.3 Å². The van der Waals surface area contributed by atoms with E-state index >= 15 is 0 Å². The third-order valence-electron chi connectivity index (χ3n) is 3.08. The molecule has 0 aromatic rings. The fourth-order valence-corrected chi connectivity index (χ4v) is 1.83. The molecule has 1 aliphatic rings. The third kappa shape index (κ3) is 2.33. The van der Waals surface area contributed by atoms with Gasteiger partial charge in [-0.25, -0.2) is 0 Å². The predicted octanol–water partition coefficient (Wildman–Crippen LogP) is -0.717. The molecule has 6 heteroatoms. The van der Waals surface area contributed by atoms with Crippen LogP contribution in [0.4, 0.5) is 0 Å². The van der Waals surface area contributed by atoms with Gasteiger partial charge in [0.05, 0.1) is 5.41 Å². The zero-order valence-corrected chi connectivity index (χ0v) is 9.60. The minimum Gasteiger partial charge on any atom is -0.481 e. The van der Waals surface area contributed by atoms with Gasteiger partial charge >= 0.3 is 5.97 Å². The summed E-state index contributed by atoms with van der Waals surface area (Å²) in [6, 6.07) is 0. The number of rotatable bonds is 4. The Morgan fingerprint density at radius 2 is 2.25 bits per heavy atom. The molecule has 16 heavy (non-hydrogen) atoms. The normalized spacial score (nSPS) is 26.8. The number of hydrogen-bond acceptors (Lipinski definition) is 4.